The molecule has 6 nitrogen and oxygen atoms in total. The van der Waals surface area contributed by atoms with Crippen LogP contribution in [0.15, 0.2) is 30.3 Å². The minimum Gasteiger partial charge on any atom is -0.457 e. The average Bonchev–Trinajstić information content (AvgIpc) is 2.95. The van der Waals surface area contributed by atoms with Crippen molar-refractivity contribution in [2.24, 2.45) is 0 Å². The first kappa shape index (κ1) is 17.4. The summed E-state index contributed by atoms with van der Waals surface area (Å²) in [5.41, 5.74) is 2.28. The Balaban J connectivity index is 1.73. The molecule has 1 aliphatic rings. The van der Waals surface area contributed by atoms with Crippen molar-refractivity contribution in [3.8, 4) is 5.69 Å². The largest absolute Gasteiger partial charge is 0.457 e. The number of nitrogens with zero attached hydrogens (tertiary/aromatic N) is 2. The van der Waals surface area contributed by atoms with Gasteiger partial charge in [0.05, 0.1) is 28.7 Å². The fourth-order valence-corrected chi connectivity index (χ4v) is 3.07. The summed E-state index contributed by atoms with van der Waals surface area (Å²) in [6.45, 7) is 4.29. The molecule has 1 aliphatic heterocycles. The van der Waals surface area contributed by atoms with Gasteiger partial charge < -0.3 is 9.47 Å². The van der Waals surface area contributed by atoms with E-state index in [2.05, 4.69) is 5.10 Å². The maximum Gasteiger partial charge on any atom is 0.379 e. The van der Waals surface area contributed by atoms with E-state index >= 15 is 0 Å². The fraction of sp³-hybridized carbons (Fsp3) is 0.421. The molecule has 0 saturated carbocycles. The fourth-order valence-electron chi connectivity index (χ4n) is 3.07. The van der Waals surface area contributed by atoms with Crippen molar-refractivity contribution in [1.29, 1.82) is 0 Å². The highest BCUT2D eigenvalue weighted by Crippen LogP contribution is 2.19. The van der Waals surface area contributed by atoms with Crippen molar-refractivity contribution in [2.75, 3.05) is 13.2 Å². The third-order valence-corrected chi connectivity index (χ3v) is 4.38. The van der Waals surface area contributed by atoms with Gasteiger partial charge in [-0.25, -0.2) is 9.48 Å². The molecule has 1 atom stereocenters. The highest BCUT2D eigenvalue weighted by atomic mass is 16.6. The van der Waals surface area contributed by atoms with Gasteiger partial charge in [0.2, 0.25) is 0 Å². The van der Waals surface area contributed by atoms with Gasteiger partial charge in [-0.15, -0.1) is 0 Å². The second-order valence-electron chi connectivity index (χ2n) is 6.21. The molecular weight excluding hydrogens is 320 g/mol. The molecule has 0 aliphatic carbocycles. The topological polar surface area (TPSA) is 70.4 Å². The Morgan fingerprint density at radius 3 is 2.68 bits per heavy atom. The standard InChI is InChI=1S/C19H22N2O4/c1-13-17(14(2)21(20-13)15-8-4-3-5-9-15)18(22)19(23)25-12-16-10-6-7-11-24-16/h3-5,8-9,16H,6-7,10-12H2,1-2H3. The van der Waals surface area contributed by atoms with E-state index < -0.39 is 11.8 Å². The molecule has 132 valence electrons. The lowest BCUT2D eigenvalue weighted by atomic mass is 10.1. The minimum absolute atomic E-state index is 0.111. The number of hydrogen-bond donors (Lipinski definition) is 0. The highest BCUT2D eigenvalue weighted by Gasteiger charge is 2.27. The van der Waals surface area contributed by atoms with Crippen LogP contribution < -0.4 is 0 Å². The summed E-state index contributed by atoms with van der Waals surface area (Å²) in [7, 11) is 0. The third-order valence-electron chi connectivity index (χ3n) is 4.38. The highest BCUT2D eigenvalue weighted by molar-refractivity contribution is 6.41. The average molecular weight is 342 g/mol. The number of rotatable bonds is 5. The first-order valence-electron chi connectivity index (χ1n) is 8.52. The summed E-state index contributed by atoms with van der Waals surface area (Å²) in [6, 6.07) is 9.49. The first-order chi connectivity index (χ1) is 12.1. The van der Waals surface area contributed by atoms with Gasteiger partial charge in [0.15, 0.2) is 0 Å². The molecule has 25 heavy (non-hydrogen) atoms. The molecule has 2 heterocycles. The van der Waals surface area contributed by atoms with E-state index in [0.717, 1.165) is 24.9 Å². The molecule has 0 amide bonds. The van der Waals surface area contributed by atoms with Crippen molar-refractivity contribution in [3.63, 3.8) is 0 Å². The Kier molecular flexibility index (Phi) is 5.28. The van der Waals surface area contributed by atoms with E-state index in [1.807, 2.05) is 30.3 Å². The van der Waals surface area contributed by atoms with Crippen LogP contribution >= 0.6 is 0 Å². The number of ether oxygens (including phenoxy) is 2. The summed E-state index contributed by atoms with van der Waals surface area (Å²) in [5, 5.41) is 4.40. The Morgan fingerprint density at radius 2 is 2.00 bits per heavy atom. The molecule has 0 spiro atoms. The molecule has 0 radical (unpaired) electrons. The van der Waals surface area contributed by atoms with E-state index in [0.29, 0.717) is 23.6 Å². The van der Waals surface area contributed by atoms with E-state index in [9.17, 15) is 9.59 Å². The Morgan fingerprint density at radius 1 is 1.24 bits per heavy atom. The van der Waals surface area contributed by atoms with Crippen molar-refractivity contribution in [3.05, 3.63) is 47.3 Å². The zero-order valence-corrected chi connectivity index (χ0v) is 14.5. The predicted octanol–water partition coefficient (Wildman–Crippen LogP) is 2.78. The van der Waals surface area contributed by atoms with Gasteiger partial charge in [0, 0.05) is 6.61 Å². The molecule has 1 saturated heterocycles. The quantitative estimate of drug-likeness (QED) is 0.475. The monoisotopic (exact) mass is 342 g/mol. The van der Waals surface area contributed by atoms with Crippen molar-refractivity contribution in [2.45, 2.75) is 39.2 Å². The van der Waals surface area contributed by atoms with Gasteiger partial charge in [0.25, 0.3) is 5.78 Å². The number of hydrogen-bond acceptors (Lipinski definition) is 5. The number of ketones is 1. The maximum absolute atomic E-state index is 12.5. The van der Waals surface area contributed by atoms with Crippen molar-refractivity contribution in [1.82, 2.24) is 9.78 Å². The lowest BCUT2D eigenvalue weighted by Crippen LogP contribution is -2.28. The molecule has 2 aromatic rings. The molecule has 1 aromatic carbocycles. The Labute approximate surface area is 146 Å². The predicted molar refractivity (Wildman–Crippen MR) is 91.9 cm³/mol. The number of carbonyl (C=O) groups is 2. The Bertz CT molecular complexity index is 761. The number of Topliss-reactive ketones (excluding diaryl/α,β-unsaturated/α-hetero) is 1. The number of aromatic nitrogens is 2. The normalized spacial score (nSPS) is 17.3. The number of esters is 1. The summed E-state index contributed by atoms with van der Waals surface area (Å²) in [5.74, 6) is -1.51. The van der Waals surface area contributed by atoms with Crippen LogP contribution in [-0.4, -0.2) is 40.9 Å². The van der Waals surface area contributed by atoms with Crippen LogP contribution in [0, 0.1) is 13.8 Å². The van der Waals surface area contributed by atoms with E-state index in [1.54, 1.807) is 18.5 Å². The smallest absolute Gasteiger partial charge is 0.379 e. The Hall–Kier alpha value is -2.47. The second kappa shape index (κ2) is 7.61. The molecule has 0 N–H and O–H groups in total. The lowest BCUT2D eigenvalue weighted by molar-refractivity contribution is -0.143. The number of aryl methyl sites for hydroxylation is 1. The molecule has 6 heteroatoms. The van der Waals surface area contributed by atoms with E-state index in [4.69, 9.17) is 9.47 Å². The van der Waals surface area contributed by atoms with E-state index in [-0.39, 0.29) is 12.7 Å². The van der Waals surface area contributed by atoms with Crippen molar-refractivity contribution >= 4 is 11.8 Å². The third kappa shape index (κ3) is 3.79. The van der Waals surface area contributed by atoms with Gasteiger partial charge in [-0.2, -0.15) is 5.10 Å². The molecular formula is C19H22N2O4. The van der Waals surface area contributed by atoms with E-state index in [1.165, 1.54) is 0 Å². The van der Waals surface area contributed by atoms with Gasteiger partial charge in [-0.3, -0.25) is 4.79 Å². The molecule has 1 fully saturated rings. The lowest BCUT2D eigenvalue weighted by Gasteiger charge is -2.21. The maximum atomic E-state index is 12.5. The molecule has 1 unspecified atom stereocenters. The number of para-hydroxylation sites is 1. The van der Waals surface area contributed by atoms with Gasteiger partial charge >= 0.3 is 5.97 Å². The zero-order chi connectivity index (χ0) is 17.8. The number of carbonyl (C=O) groups excluding carboxylic acids is 2. The van der Waals surface area contributed by atoms with Gasteiger partial charge in [-0.1, -0.05) is 18.2 Å². The summed E-state index contributed by atoms with van der Waals surface area (Å²) in [4.78, 5) is 24.7. The van der Waals surface area contributed by atoms with Crippen LogP contribution in [0.2, 0.25) is 0 Å². The number of benzene rings is 1. The van der Waals surface area contributed by atoms with Crippen LogP contribution in [0.25, 0.3) is 5.69 Å². The van der Waals surface area contributed by atoms with Crippen molar-refractivity contribution < 1.29 is 19.1 Å². The van der Waals surface area contributed by atoms with Gasteiger partial charge in [-0.05, 0) is 45.2 Å². The summed E-state index contributed by atoms with van der Waals surface area (Å²) in [6.07, 6.45) is 2.82. The van der Waals surface area contributed by atoms with Crippen LogP contribution in [0.1, 0.15) is 41.0 Å². The minimum atomic E-state index is -0.854. The molecule has 0 bridgehead atoms. The van der Waals surface area contributed by atoms with Crippen LogP contribution in [0.4, 0.5) is 0 Å². The first-order valence-corrected chi connectivity index (χ1v) is 8.52. The second-order valence-corrected chi connectivity index (χ2v) is 6.21. The van der Waals surface area contributed by atoms with Gasteiger partial charge in [0.1, 0.15) is 6.61 Å². The van der Waals surface area contributed by atoms with Crippen LogP contribution in [0.5, 0.6) is 0 Å². The zero-order valence-electron chi connectivity index (χ0n) is 14.5. The summed E-state index contributed by atoms with van der Waals surface area (Å²) >= 11 is 0. The summed E-state index contributed by atoms with van der Waals surface area (Å²) < 4.78 is 12.4. The molecule has 3 rings (SSSR count). The van der Waals surface area contributed by atoms with Crippen LogP contribution in [0.3, 0.4) is 0 Å². The SMILES string of the molecule is Cc1nn(-c2ccccc2)c(C)c1C(=O)C(=O)OCC1CCCCO1. The van der Waals surface area contributed by atoms with Crippen LogP contribution in [-0.2, 0) is 14.3 Å². The molecule has 1 aromatic heterocycles.